The van der Waals surface area contributed by atoms with Crippen LogP contribution in [-0.2, 0) is 9.53 Å². The summed E-state index contributed by atoms with van der Waals surface area (Å²) in [5, 5.41) is 4.23. The van der Waals surface area contributed by atoms with Crippen molar-refractivity contribution in [1.82, 2.24) is 5.32 Å². The molecule has 116 valence electrons. The Kier molecular flexibility index (Phi) is 9.30. The quantitative estimate of drug-likeness (QED) is 0.608. The first-order valence-corrected chi connectivity index (χ1v) is 7.66. The Morgan fingerprint density at radius 1 is 1.35 bits per heavy atom. The minimum atomic E-state index is -0.626. The van der Waals surface area contributed by atoms with E-state index in [1.165, 1.54) is 6.38 Å². The smallest absolute Gasteiger partial charge is 0.322 e. The summed E-state index contributed by atoms with van der Waals surface area (Å²) in [5.41, 5.74) is 5.45. The fourth-order valence-corrected chi connectivity index (χ4v) is 2.20. The third-order valence-electron chi connectivity index (χ3n) is 2.91. The van der Waals surface area contributed by atoms with Gasteiger partial charge >= 0.3 is 5.97 Å². The second kappa shape index (κ2) is 9.50. The maximum Gasteiger partial charge on any atom is 0.322 e. The van der Waals surface area contributed by atoms with E-state index in [1.54, 1.807) is 19.2 Å². The number of hydrogen-bond acceptors (Lipinski definition) is 4. The summed E-state index contributed by atoms with van der Waals surface area (Å²) < 4.78 is 5.26. The van der Waals surface area contributed by atoms with E-state index in [4.69, 9.17) is 33.7 Å². The highest BCUT2D eigenvalue weighted by Crippen LogP contribution is 2.26. The topological polar surface area (TPSA) is 64.4 Å². The number of nitrogens with two attached hydrogens (primary N) is 1. The van der Waals surface area contributed by atoms with E-state index < -0.39 is 12.0 Å². The number of carbonyl (C=O) groups excluding carboxylic acids is 1. The molecule has 20 heavy (non-hydrogen) atoms. The first-order valence-electron chi connectivity index (χ1n) is 6.15. The average Bonchev–Trinajstić information content (AvgIpc) is 2.40. The van der Waals surface area contributed by atoms with Gasteiger partial charge in [0.05, 0.1) is 11.1 Å². The van der Waals surface area contributed by atoms with Crippen LogP contribution in [0.3, 0.4) is 0 Å². The van der Waals surface area contributed by atoms with Crippen molar-refractivity contribution in [2.75, 3.05) is 6.38 Å². The molecular formula is C13H21Cl3N2O2. The van der Waals surface area contributed by atoms with Gasteiger partial charge in [0.1, 0.15) is 12.1 Å². The predicted molar refractivity (Wildman–Crippen MR) is 84.9 cm³/mol. The lowest BCUT2D eigenvalue weighted by Gasteiger charge is -2.30. The van der Waals surface area contributed by atoms with Gasteiger partial charge in [-0.05, 0) is 19.9 Å². The van der Waals surface area contributed by atoms with E-state index in [2.05, 4.69) is 16.9 Å². The lowest BCUT2D eigenvalue weighted by atomic mass is 9.95. The van der Waals surface area contributed by atoms with Gasteiger partial charge in [-0.1, -0.05) is 30.1 Å². The van der Waals surface area contributed by atoms with Gasteiger partial charge in [-0.2, -0.15) is 0 Å². The molecule has 1 heterocycles. The zero-order chi connectivity index (χ0) is 15.9. The van der Waals surface area contributed by atoms with Crippen LogP contribution in [0, 0.1) is 5.92 Å². The summed E-state index contributed by atoms with van der Waals surface area (Å²) in [5.74, 6) is -0.420. The number of allylic oxidation sites excluding steroid dienone is 2. The number of ether oxygens (including phenoxy) is 1. The summed E-state index contributed by atoms with van der Waals surface area (Å²) in [6.45, 7) is 5.35. The molecule has 0 radical (unpaired) electrons. The molecule has 4 nitrogen and oxygen atoms in total. The van der Waals surface area contributed by atoms with Crippen LogP contribution in [-0.4, -0.2) is 30.5 Å². The van der Waals surface area contributed by atoms with Gasteiger partial charge in [0.15, 0.2) is 0 Å². The maximum absolute atomic E-state index is 11.4. The molecule has 0 saturated heterocycles. The maximum atomic E-state index is 11.4. The van der Waals surface area contributed by atoms with Crippen molar-refractivity contribution in [3.05, 3.63) is 22.3 Å². The Labute approximate surface area is 135 Å². The van der Waals surface area contributed by atoms with Gasteiger partial charge in [-0.25, -0.2) is 0 Å². The highest BCUT2D eigenvalue weighted by atomic mass is 35.5. The second-order valence-corrected chi connectivity index (χ2v) is 5.37. The number of rotatable bonds is 4. The Morgan fingerprint density at radius 2 is 1.90 bits per heavy atom. The molecule has 7 heteroatoms. The van der Waals surface area contributed by atoms with Crippen LogP contribution < -0.4 is 11.1 Å². The summed E-state index contributed by atoms with van der Waals surface area (Å²) in [7, 11) is 0. The van der Waals surface area contributed by atoms with E-state index >= 15 is 0 Å². The van der Waals surface area contributed by atoms with E-state index in [-0.39, 0.29) is 18.1 Å². The lowest BCUT2D eigenvalue weighted by Crippen LogP contribution is -2.42. The van der Waals surface area contributed by atoms with Gasteiger partial charge < -0.3 is 15.8 Å². The van der Waals surface area contributed by atoms with Crippen LogP contribution >= 0.6 is 34.8 Å². The SMILES string of the molecule is CC(N)C(=O)OC(C)C(C)C1NC=C(Cl)C=C1Cl.CCl. The Bertz CT molecular complexity index is 384. The summed E-state index contributed by atoms with van der Waals surface area (Å²) in [6, 6.07) is -0.746. The molecule has 0 saturated carbocycles. The van der Waals surface area contributed by atoms with Crippen LogP contribution in [0.5, 0.6) is 0 Å². The number of esters is 1. The van der Waals surface area contributed by atoms with Crippen molar-refractivity contribution in [3.8, 4) is 0 Å². The van der Waals surface area contributed by atoms with Crippen molar-refractivity contribution in [2.24, 2.45) is 11.7 Å². The Morgan fingerprint density at radius 3 is 2.35 bits per heavy atom. The Hall–Kier alpha value is -0.420. The lowest BCUT2D eigenvalue weighted by molar-refractivity contribution is -0.151. The summed E-state index contributed by atoms with van der Waals surface area (Å²) in [4.78, 5) is 11.4. The van der Waals surface area contributed by atoms with Gasteiger partial charge in [0, 0.05) is 23.5 Å². The van der Waals surface area contributed by atoms with Crippen LogP contribution in [0.25, 0.3) is 0 Å². The van der Waals surface area contributed by atoms with Crippen LogP contribution in [0.15, 0.2) is 22.3 Å². The number of carbonyl (C=O) groups is 1. The first kappa shape index (κ1) is 19.6. The molecule has 0 aromatic rings. The molecule has 0 aromatic heterocycles. The van der Waals surface area contributed by atoms with E-state index in [1.807, 2.05) is 13.8 Å². The monoisotopic (exact) mass is 342 g/mol. The van der Waals surface area contributed by atoms with E-state index in [0.717, 1.165) is 0 Å². The third kappa shape index (κ3) is 5.92. The van der Waals surface area contributed by atoms with E-state index in [0.29, 0.717) is 10.1 Å². The molecule has 0 spiro atoms. The Balaban J connectivity index is 0.00000172. The number of hydrogen-bond donors (Lipinski definition) is 2. The van der Waals surface area contributed by atoms with Crippen molar-refractivity contribution in [2.45, 2.75) is 39.0 Å². The third-order valence-corrected chi connectivity index (χ3v) is 3.48. The van der Waals surface area contributed by atoms with Crippen LogP contribution in [0.1, 0.15) is 20.8 Å². The average molecular weight is 344 g/mol. The fraction of sp³-hybridized carbons (Fsp3) is 0.615. The molecule has 0 aromatic carbocycles. The standard InChI is InChI=1S/C12H18Cl2N2O2.CH3Cl/c1-6(8(3)18-12(17)7(2)15)11-10(14)4-9(13)5-16-11;1-2/h4-8,11,16H,15H2,1-3H3;1H3. The normalized spacial score (nSPS) is 22.1. The molecule has 0 aliphatic carbocycles. The number of dihydropyridines is 1. The van der Waals surface area contributed by atoms with Crippen molar-refractivity contribution < 1.29 is 9.53 Å². The number of alkyl halides is 1. The largest absolute Gasteiger partial charge is 0.461 e. The van der Waals surface area contributed by atoms with Crippen LogP contribution in [0.4, 0.5) is 0 Å². The van der Waals surface area contributed by atoms with Crippen molar-refractivity contribution in [1.29, 1.82) is 0 Å². The molecule has 1 aliphatic rings. The minimum absolute atomic E-state index is 0.00235. The molecule has 1 rings (SSSR count). The molecule has 0 amide bonds. The number of nitrogens with one attached hydrogen (secondary N) is 1. The highest BCUT2D eigenvalue weighted by Gasteiger charge is 2.29. The number of halogens is 3. The molecule has 1 aliphatic heterocycles. The van der Waals surface area contributed by atoms with Crippen molar-refractivity contribution >= 4 is 40.8 Å². The molecule has 0 bridgehead atoms. The van der Waals surface area contributed by atoms with Gasteiger partial charge in [-0.3, -0.25) is 4.79 Å². The first-order chi connectivity index (χ1) is 9.32. The fourth-order valence-electron chi connectivity index (χ4n) is 1.58. The van der Waals surface area contributed by atoms with E-state index in [9.17, 15) is 4.79 Å². The zero-order valence-electron chi connectivity index (χ0n) is 12.0. The zero-order valence-corrected chi connectivity index (χ0v) is 14.3. The van der Waals surface area contributed by atoms with Gasteiger partial charge in [0.2, 0.25) is 0 Å². The minimum Gasteiger partial charge on any atom is -0.461 e. The summed E-state index contributed by atoms with van der Waals surface area (Å²) >= 11 is 16.6. The van der Waals surface area contributed by atoms with Gasteiger partial charge in [0.25, 0.3) is 0 Å². The van der Waals surface area contributed by atoms with Crippen LogP contribution in [0.2, 0.25) is 0 Å². The molecule has 0 fully saturated rings. The molecular weight excluding hydrogens is 323 g/mol. The van der Waals surface area contributed by atoms with Gasteiger partial charge in [-0.15, -0.1) is 11.6 Å². The molecule has 3 N–H and O–H groups in total. The molecule has 4 unspecified atom stereocenters. The van der Waals surface area contributed by atoms with Crippen molar-refractivity contribution in [3.63, 3.8) is 0 Å². The molecule has 4 atom stereocenters. The summed E-state index contributed by atoms with van der Waals surface area (Å²) in [6.07, 6.45) is 4.53. The highest BCUT2D eigenvalue weighted by molar-refractivity contribution is 6.35. The predicted octanol–water partition coefficient (Wildman–Crippen LogP) is 2.93. The second-order valence-electron chi connectivity index (χ2n) is 4.49.